The molecule has 1 aromatic carbocycles. The van der Waals surface area contributed by atoms with Crippen LogP contribution in [0.25, 0.3) is 0 Å². The first-order valence-electron chi connectivity index (χ1n) is 6.29. The number of carboxylic acids is 1. The van der Waals surface area contributed by atoms with Crippen molar-refractivity contribution in [3.63, 3.8) is 0 Å². The Bertz CT molecular complexity index is 460. The summed E-state index contributed by atoms with van der Waals surface area (Å²) in [6.45, 7) is -0.255. The predicted octanol–water partition coefficient (Wildman–Crippen LogP) is 2.61. The minimum Gasteiger partial charge on any atom is -0.481 e. The van der Waals surface area contributed by atoms with Crippen LogP contribution in [0.3, 0.4) is 0 Å². The number of alkyl halides is 2. The van der Waals surface area contributed by atoms with Crippen LogP contribution in [0.15, 0.2) is 30.3 Å². The van der Waals surface area contributed by atoms with Crippen LogP contribution in [0.1, 0.15) is 24.8 Å². The molecule has 3 N–H and O–H groups in total. The van der Waals surface area contributed by atoms with Crippen molar-refractivity contribution in [1.29, 1.82) is 0 Å². The summed E-state index contributed by atoms with van der Waals surface area (Å²) < 4.78 is 28.5. The van der Waals surface area contributed by atoms with Gasteiger partial charge in [-0.05, 0) is 18.8 Å². The molecule has 19 heavy (non-hydrogen) atoms. The van der Waals surface area contributed by atoms with E-state index in [4.69, 9.17) is 5.73 Å². The van der Waals surface area contributed by atoms with Crippen molar-refractivity contribution in [3.8, 4) is 0 Å². The molecule has 0 saturated heterocycles. The molecule has 0 amide bonds. The Hall–Kier alpha value is -1.49. The van der Waals surface area contributed by atoms with Gasteiger partial charge in [0.2, 0.25) is 0 Å². The smallest absolute Gasteiger partial charge is 0.311 e. The van der Waals surface area contributed by atoms with Gasteiger partial charge in [-0.1, -0.05) is 30.3 Å². The van der Waals surface area contributed by atoms with Crippen LogP contribution in [-0.2, 0) is 10.7 Å². The minimum absolute atomic E-state index is 0.158. The molecular formula is C14H17F2NO2. The van der Waals surface area contributed by atoms with Gasteiger partial charge in [-0.2, -0.15) is 0 Å². The average Bonchev–Trinajstić information content (AvgIpc) is 3.21. The highest BCUT2D eigenvalue weighted by Crippen LogP contribution is 2.52. The zero-order valence-electron chi connectivity index (χ0n) is 10.5. The van der Waals surface area contributed by atoms with Crippen molar-refractivity contribution < 1.29 is 18.7 Å². The Labute approximate surface area is 110 Å². The lowest BCUT2D eigenvalue weighted by Crippen LogP contribution is -2.44. The van der Waals surface area contributed by atoms with E-state index in [2.05, 4.69) is 0 Å². The third-order valence-corrected chi connectivity index (χ3v) is 3.88. The van der Waals surface area contributed by atoms with Gasteiger partial charge in [-0.25, -0.2) is 8.78 Å². The van der Waals surface area contributed by atoms with E-state index in [0.29, 0.717) is 12.8 Å². The van der Waals surface area contributed by atoms with E-state index in [9.17, 15) is 18.7 Å². The number of benzene rings is 1. The number of rotatable bonds is 6. The van der Waals surface area contributed by atoms with E-state index in [1.807, 2.05) is 0 Å². The summed E-state index contributed by atoms with van der Waals surface area (Å²) in [4.78, 5) is 11.4. The quantitative estimate of drug-likeness (QED) is 0.834. The second kappa shape index (κ2) is 4.89. The highest BCUT2D eigenvalue weighted by molar-refractivity contribution is 5.76. The van der Waals surface area contributed by atoms with Gasteiger partial charge in [-0.3, -0.25) is 4.79 Å². The van der Waals surface area contributed by atoms with Crippen LogP contribution in [0, 0.1) is 11.3 Å². The molecule has 2 rings (SSSR count). The largest absolute Gasteiger partial charge is 0.481 e. The number of hydrogen-bond acceptors (Lipinski definition) is 2. The molecule has 1 aromatic rings. The number of nitrogens with two attached hydrogens (primary N) is 1. The summed E-state index contributed by atoms with van der Waals surface area (Å²) in [7, 11) is 0. The molecule has 1 aliphatic rings. The van der Waals surface area contributed by atoms with E-state index >= 15 is 0 Å². The van der Waals surface area contributed by atoms with Crippen molar-refractivity contribution in [2.45, 2.75) is 25.2 Å². The van der Waals surface area contributed by atoms with Gasteiger partial charge >= 0.3 is 5.97 Å². The molecule has 1 atom stereocenters. The number of carboxylic acid groups (broad SMARTS) is 1. The van der Waals surface area contributed by atoms with Gasteiger partial charge in [0.1, 0.15) is 0 Å². The fourth-order valence-electron chi connectivity index (χ4n) is 2.54. The van der Waals surface area contributed by atoms with Crippen LogP contribution in [0.5, 0.6) is 0 Å². The summed E-state index contributed by atoms with van der Waals surface area (Å²) in [5, 5.41) is 9.33. The Balaban J connectivity index is 2.28. The highest BCUT2D eigenvalue weighted by Gasteiger charge is 2.55. The van der Waals surface area contributed by atoms with Crippen LogP contribution in [0.2, 0.25) is 0 Å². The van der Waals surface area contributed by atoms with Gasteiger partial charge in [0.25, 0.3) is 5.92 Å². The molecule has 0 aliphatic heterocycles. The summed E-state index contributed by atoms with van der Waals surface area (Å²) in [6.07, 6.45) is 0.587. The topological polar surface area (TPSA) is 63.3 Å². The zero-order chi connectivity index (χ0) is 14.1. The van der Waals surface area contributed by atoms with Crippen LogP contribution in [0.4, 0.5) is 8.78 Å². The molecule has 1 aliphatic carbocycles. The van der Waals surface area contributed by atoms with Gasteiger partial charge in [0, 0.05) is 18.5 Å². The third kappa shape index (κ3) is 2.61. The molecule has 0 aromatic heterocycles. The molecule has 1 saturated carbocycles. The standard InChI is InChI=1S/C14H17F2NO2/c15-14(16,11-4-2-1-3-5-11)8-13(9-17,12(18)19)10-6-7-10/h1-5,10H,6-9,17H2,(H,18,19). The first-order valence-corrected chi connectivity index (χ1v) is 6.29. The number of hydrogen-bond donors (Lipinski definition) is 2. The predicted molar refractivity (Wildman–Crippen MR) is 66.8 cm³/mol. The van der Waals surface area contributed by atoms with Crippen molar-refractivity contribution in [1.82, 2.24) is 0 Å². The molecule has 0 heterocycles. The lowest BCUT2D eigenvalue weighted by molar-refractivity contribution is -0.157. The Kier molecular flexibility index (Phi) is 3.58. The fourth-order valence-corrected chi connectivity index (χ4v) is 2.54. The zero-order valence-corrected chi connectivity index (χ0v) is 10.5. The van der Waals surface area contributed by atoms with E-state index in [1.54, 1.807) is 6.07 Å². The highest BCUT2D eigenvalue weighted by atomic mass is 19.3. The molecule has 1 unspecified atom stereocenters. The fraction of sp³-hybridized carbons (Fsp3) is 0.500. The SMILES string of the molecule is NCC(CC(F)(F)c1ccccc1)(C(=O)O)C1CC1. The molecule has 3 nitrogen and oxygen atoms in total. The van der Waals surface area contributed by atoms with Crippen molar-refractivity contribution in [2.75, 3.05) is 6.54 Å². The summed E-state index contributed by atoms with van der Waals surface area (Å²) >= 11 is 0. The second-order valence-corrected chi connectivity index (χ2v) is 5.19. The monoisotopic (exact) mass is 269 g/mol. The first kappa shape index (κ1) is 13.9. The van der Waals surface area contributed by atoms with Gasteiger partial charge < -0.3 is 10.8 Å². The molecule has 104 valence electrons. The maximum atomic E-state index is 14.3. The van der Waals surface area contributed by atoms with E-state index in [-0.39, 0.29) is 18.0 Å². The maximum Gasteiger partial charge on any atom is 0.311 e. The van der Waals surface area contributed by atoms with Gasteiger partial charge in [-0.15, -0.1) is 0 Å². The molecule has 0 spiro atoms. The number of halogens is 2. The molecule has 0 bridgehead atoms. The Morgan fingerprint density at radius 3 is 2.32 bits per heavy atom. The summed E-state index contributed by atoms with van der Waals surface area (Å²) in [5.41, 5.74) is 3.85. The van der Waals surface area contributed by atoms with Crippen molar-refractivity contribution >= 4 is 5.97 Å². The Morgan fingerprint density at radius 2 is 1.89 bits per heavy atom. The van der Waals surface area contributed by atoms with E-state index in [1.165, 1.54) is 24.3 Å². The normalized spacial score (nSPS) is 18.9. The van der Waals surface area contributed by atoms with Gasteiger partial charge in [0.05, 0.1) is 5.41 Å². The van der Waals surface area contributed by atoms with Crippen molar-refractivity contribution in [2.24, 2.45) is 17.1 Å². The minimum atomic E-state index is -3.18. The van der Waals surface area contributed by atoms with Crippen molar-refractivity contribution in [3.05, 3.63) is 35.9 Å². The lowest BCUT2D eigenvalue weighted by atomic mass is 9.76. The maximum absolute atomic E-state index is 14.3. The van der Waals surface area contributed by atoms with Crippen LogP contribution in [-0.4, -0.2) is 17.6 Å². The number of carbonyl (C=O) groups is 1. The van der Waals surface area contributed by atoms with Crippen LogP contribution < -0.4 is 5.73 Å². The van der Waals surface area contributed by atoms with Gasteiger partial charge in [0.15, 0.2) is 0 Å². The van der Waals surface area contributed by atoms with E-state index in [0.717, 1.165) is 0 Å². The third-order valence-electron chi connectivity index (χ3n) is 3.88. The average molecular weight is 269 g/mol. The summed E-state index contributed by atoms with van der Waals surface area (Å²) in [6, 6.07) is 7.32. The molecule has 1 fully saturated rings. The molecule has 5 heteroatoms. The lowest BCUT2D eigenvalue weighted by Gasteiger charge is -2.32. The van der Waals surface area contributed by atoms with Crippen LogP contribution >= 0.6 is 0 Å². The molecule has 0 radical (unpaired) electrons. The summed E-state index contributed by atoms with van der Waals surface area (Å²) in [5.74, 6) is -4.63. The second-order valence-electron chi connectivity index (χ2n) is 5.19. The van der Waals surface area contributed by atoms with E-state index < -0.39 is 23.7 Å². The number of aliphatic carboxylic acids is 1. The first-order chi connectivity index (χ1) is 8.92. The molecular weight excluding hydrogens is 252 g/mol. The Morgan fingerprint density at radius 1 is 1.32 bits per heavy atom.